The second kappa shape index (κ2) is 7.63. The second-order valence-electron chi connectivity index (χ2n) is 7.33. The summed E-state index contributed by atoms with van der Waals surface area (Å²) in [6.45, 7) is 10.9. The molecule has 1 aromatic carbocycles. The molecule has 24 heavy (non-hydrogen) atoms. The average Bonchev–Trinajstić information content (AvgIpc) is 2.37. The topological polar surface area (TPSA) is 46.6 Å². The molecule has 0 saturated heterocycles. The number of rotatable bonds is 3. The molecule has 4 nitrogen and oxygen atoms in total. The summed E-state index contributed by atoms with van der Waals surface area (Å²) < 4.78 is 5.48. The summed E-state index contributed by atoms with van der Waals surface area (Å²) in [5.41, 5.74) is -0.586. The van der Waals surface area contributed by atoms with Crippen molar-refractivity contribution in [1.29, 1.82) is 0 Å². The highest BCUT2D eigenvalue weighted by Crippen LogP contribution is 2.39. The number of carbonyl (C=O) groups is 2. The Labute approximate surface area is 161 Å². The lowest BCUT2D eigenvalue weighted by Crippen LogP contribution is -2.48. The molecule has 0 heterocycles. The number of ketones is 1. The molecule has 0 N–H and O–H groups in total. The molecule has 7 heteroatoms. The molecule has 1 amide bonds. The van der Waals surface area contributed by atoms with Crippen molar-refractivity contribution >= 4 is 56.7 Å². The first-order valence-electron chi connectivity index (χ1n) is 7.39. The van der Waals surface area contributed by atoms with Crippen LogP contribution in [-0.4, -0.2) is 28.3 Å². The standard InChI is InChI=1S/C17H22BrCl2NO3/c1-16(2,3)21(15(23)24-17(4,5)6)14-11(19)7-10(8-12(14)20)13(22)9-18/h7-8H,9H2,1-6H3. The Hall–Kier alpha value is -0.780. The van der Waals surface area contributed by atoms with Gasteiger partial charge in [-0.15, -0.1) is 0 Å². The van der Waals surface area contributed by atoms with Gasteiger partial charge in [-0.25, -0.2) is 4.79 Å². The molecule has 0 aromatic heterocycles. The van der Waals surface area contributed by atoms with Crippen LogP contribution in [0.2, 0.25) is 10.0 Å². The lowest BCUT2D eigenvalue weighted by atomic mass is 10.0. The largest absolute Gasteiger partial charge is 0.443 e. The van der Waals surface area contributed by atoms with E-state index in [-0.39, 0.29) is 21.2 Å². The van der Waals surface area contributed by atoms with Crippen LogP contribution in [0.3, 0.4) is 0 Å². The Morgan fingerprint density at radius 2 is 1.54 bits per heavy atom. The Kier molecular flexibility index (Phi) is 6.76. The van der Waals surface area contributed by atoms with Crippen molar-refractivity contribution in [2.24, 2.45) is 0 Å². The zero-order valence-electron chi connectivity index (χ0n) is 14.7. The minimum atomic E-state index is -0.661. The van der Waals surface area contributed by atoms with Crippen molar-refractivity contribution in [3.63, 3.8) is 0 Å². The van der Waals surface area contributed by atoms with E-state index in [9.17, 15) is 9.59 Å². The zero-order chi connectivity index (χ0) is 18.9. The monoisotopic (exact) mass is 437 g/mol. The van der Waals surface area contributed by atoms with Gasteiger partial charge in [0.2, 0.25) is 0 Å². The van der Waals surface area contributed by atoms with Gasteiger partial charge in [-0.1, -0.05) is 39.1 Å². The highest BCUT2D eigenvalue weighted by molar-refractivity contribution is 9.09. The van der Waals surface area contributed by atoms with Crippen molar-refractivity contribution < 1.29 is 14.3 Å². The number of hydrogen-bond acceptors (Lipinski definition) is 3. The summed E-state index contributed by atoms with van der Waals surface area (Å²) >= 11 is 15.8. The number of hydrogen-bond donors (Lipinski definition) is 0. The number of nitrogens with zero attached hydrogens (tertiary/aromatic N) is 1. The molecule has 0 fully saturated rings. The Bertz CT molecular complexity index is 625. The third kappa shape index (κ3) is 5.36. The van der Waals surface area contributed by atoms with Gasteiger partial charge in [-0.2, -0.15) is 0 Å². The van der Waals surface area contributed by atoms with Crippen LogP contribution in [0.25, 0.3) is 0 Å². The maximum absolute atomic E-state index is 12.7. The quantitative estimate of drug-likeness (QED) is 0.422. The molecule has 1 aromatic rings. The molecule has 134 valence electrons. The van der Waals surface area contributed by atoms with Crippen LogP contribution in [0.5, 0.6) is 0 Å². The number of carbonyl (C=O) groups excluding carboxylic acids is 2. The highest BCUT2D eigenvalue weighted by Gasteiger charge is 2.35. The summed E-state index contributed by atoms with van der Waals surface area (Å²) in [5.74, 6) is -0.148. The molecule has 0 aliphatic carbocycles. The molecule has 1 rings (SSSR count). The summed E-state index contributed by atoms with van der Waals surface area (Å²) in [6.07, 6.45) is -0.557. The fourth-order valence-electron chi connectivity index (χ4n) is 2.03. The van der Waals surface area contributed by atoms with Crippen LogP contribution < -0.4 is 4.90 Å². The van der Waals surface area contributed by atoms with Crippen molar-refractivity contribution in [3.8, 4) is 0 Å². The highest BCUT2D eigenvalue weighted by atomic mass is 79.9. The summed E-state index contributed by atoms with van der Waals surface area (Å²) in [7, 11) is 0. The Balaban J connectivity index is 3.45. The Morgan fingerprint density at radius 3 is 1.88 bits per heavy atom. The fourth-order valence-corrected chi connectivity index (χ4v) is 3.01. The molecule has 0 atom stereocenters. The van der Waals surface area contributed by atoms with Gasteiger partial charge in [0.25, 0.3) is 0 Å². The van der Waals surface area contributed by atoms with Gasteiger partial charge in [0.05, 0.1) is 21.1 Å². The van der Waals surface area contributed by atoms with E-state index in [1.165, 1.54) is 17.0 Å². The Morgan fingerprint density at radius 1 is 1.08 bits per heavy atom. The van der Waals surface area contributed by atoms with E-state index >= 15 is 0 Å². The summed E-state index contributed by atoms with van der Waals surface area (Å²) in [5, 5.41) is 0.591. The van der Waals surface area contributed by atoms with Crippen molar-refractivity contribution in [2.45, 2.75) is 52.7 Å². The lowest BCUT2D eigenvalue weighted by molar-refractivity contribution is 0.0550. The molecule has 0 bridgehead atoms. The van der Waals surface area contributed by atoms with E-state index in [1.54, 1.807) is 20.8 Å². The first kappa shape index (κ1) is 21.3. The van der Waals surface area contributed by atoms with E-state index in [2.05, 4.69) is 15.9 Å². The van der Waals surface area contributed by atoms with Crippen LogP contribution >= 0.6 is 39.1 Å². The van der Waals surface area contributed by atoms with Gasteiger partial charge < -0.3 is 4.74 Å². The van der Waals surface area contributed by atoms with Gasteiger partial charge in [-0.3, -0.25) is 9.69 Å². The zero-order valence-corrected chi connectivity index (χ0v) is 17.8. The minimum Gasteiger partial charge on any atom is -0.443 e. The van der Waals surface area contributed by atoms with Crippen molar-refractivity contribution in [1.82, 2.24) is 0 Å². The number of alkyl halides is 1. The third-order valence-corrected chi connectivity index (χ3v) is 4.02. The molecule has 0 unspecified atom stereocenters. The molecule has 0 radical (unpaired) electrons. The molecule has 0 saturated carbocycles. The van der Waals surface area contributed by atoms with E-state index in [1.807, 2.05) is 20.8 Å². The first-order chi connectivity index (χ1) is 10.8. The summed E-state index contributed by atoms with van der Waals surface area (Å²) in [4.78, 5) is 26.0. The maximum atomic E-state index is 12.7. The number of halogens is 3. The second-order valence-corrected chi connectivity index (χ2v) is 8.71. The van der Waals surface area contributed by atoms with Gasteiger partial charge in [0, 0.05) is 11.1 Å². The number of benzene rings is 1. The number of amides is 1. The number of Topliss-reactive ketones (excluding diaryl/α,β-unsaturated/α-hetero) is 1. The van der Waals surface area contributed by atoms with Crippen LogP contribution in [0.15, 0.2) is 12.1 Å². The van der Waals surface area contributed by atoms with E-state index in [0.717, 1.165) is 0 Å². The van der Waals surface area contributed by atoms with Gasteiger partial charge in [0.1, 0.15) is 5.60 Å². The van der Waals surface area contributed by atoms with Crippen LogP contribution in [0.1, 0.15) is 51.9 Å². The fraction of sp³-hybridized carbons (Fsp3) is 0.529. The number of ether oxygens (including phenoxy) is 1. The van der Waals surface area contributed by atoms with Crippen LogP contribution in [0.4, 0.5) is 10.5 Å². The van der Waals surface area contributed by atoms with Crippen LogP contribution in [-0.2, 0) is 4.74 Å². The van der Waals surface area contributed by atoms with Gasteiger partial charge in [0.15, 0.2) is 5.78 Å². The van der Waals surface area contributed by atoms with Crippen molar-refractivity contribution in [2.75, 3.05) is 10.2 Å². The molecular formula is C17H22BrCl2NO3. The predicted octanol–water partition coefficient (Wildman–Crippen LogP) is 6.11. The molecule has 0 spiro atoms. The summed E-state index contributed by atoms with van der Waals surface area (Å²) in [6, 6.07) is 3.02. The van der Waals surface area contributed by atoms with Gasteiger partial charge in [-0.05, 0) is 53.7 Å². The third-order valence-electron chi connectivity index (χ3n) is 2.93. The normalized spacial score (nSPS) is 12.0. The maximum Gasteiger partial charge on any atom is 0.415 e. The van der Waals surface area contributed by atoms with E-state index in [4.69, 9.17) is 27.9 Å². The van der Waals surface area contributed by atoms with Gasteiger partial charge >= 0.3 is 6.09 Å². The first-order valence-corrected chi connectivity index (χ1v) is 9.27. The number of anilines is 1. The van der Waals surface area contributed by atoms with E-state index < -0.39 is 17.2 Å². The molecular weight excluding hydrogens is 417 g/mol. The smallest absolute Gasteiger partial charge is 0.415 e. The SMILES string of the molecule is CC(C)(C)OC(=O)N(c1c(Cl)cc(C(=O)CBr)cc1Cl)C(C)(C)C. The van der Waals surface area contributed by atoms with Crippen molar-refractivity contribution in [3.05, 3.63) is 27.7 Å². The minimum absolute atomic E-state index is 0.148. The van der Waals surface area contributed by atoms with E-state index in [0.29, 0.717) is 11.3 Å². The average molecular weight is 439 g/mol. The van der Waals surface area contributed by atoms with Crippen LogP contribution in [0, 0.1) is 0 Å². The molecule has 0 aliphatic heterocycles. The predicted molar refractivity (Wildman–Crippen MR) is 103 cm³/mol. The lowest BCUT2D eigenvalue weighted by Gasteiger charge is -2.37. The molecule has 0 aliphatic rings.